The summed E-state index contributed by atoms with van der Waals surface area (Å²) in [6.45, 7) is 0.418. The molecule has 0 radical (unpaired) electrons. The fourth-order valence-electron chi connectivity index (χ4n) is 1.30. The lowest BCUT2D eigenvalue weighted by Gasteiger charge is -2.00. The molecule has 0 aliphatic heterocycles. The molecule has 0 bridgehead atoms. The molecule has 0 spiro atoms. The second kappa shape index (κ2) is 4.27. The molecule has 2 N–H and O–H groups in total. The molecule has 0 aliphatic carbocycles. The lowest BCUT2D eigenvalue weighted by atomic mass is 10.3. The van der Waals surface area contributed by atoms with Crippen LogP contribution in [0.3, 0.4) is 0 Å². The molecule has 17 heavy (non-hydrogen) atoms. The van der Waals surface area contributed by atoms with Crippen LogP contribution in [0.1, 0.15) is 5.56 Å². The summed E-state index contributed by atoms with van der Waals surface area (Å²) in [5.74, 6) is 0.553. The Hall–Kier alpha value is -1.73. The maximum atomic E-state index is 11.3. The fourth-order valence-corrected chi connectivity index (χ4v) is 1.83. The van der Waals surface area contributed by atoms with Gasteiger partial charge in [-0.3, -0.25) is 0 Å². The molecule has 0 aliphatic rings. The number of rotatable bonds is 3. The number of hydrogen-bond donors (Lipinski definition) is 1. The Kier molecular flexibility index (Phi) is 2.95. The highest BCUT2D eigenvalue weighted by molar-refractivity contribution is 7.90. The summed E-state index contributed by atoms with van der Waals surface area (Å²) in [5, 5.41) is 3.95. The highest BCUT2D eigenvalue weighted by Gasteiger charge is 2.10. The molecule has 7 heteroatoms. The smallest absolute Gasteiger partial charge is 0.178 e. The first kappa shape index (κ1) is 11.7. The van der Waals surface area contributed by atoms with Gasteiger partial charge in [-0.2, -0.15) is 5.10 Å². The third-order valence-corrected chi connectivity index (χ3v) is 3.33. The van der Waals surface area contributed by atoms with Crippen LogP contribution in [0, 0.1) is 0 Å². The van der Waals surface area contributed by atoms with Gasteiger partial charge in [-0.05, 0) is 11.6 Å². The molecule has 0 fully saturated rings. The minimum absolute atomic E-state index is 0.169. The minimum atomic E-state index is -3.23. The van der Waals surface area contributed by atoms with Gasteiger partial charge in [-0.15, -0.1) is 0 Å². The van der Waals surface area contributed by atoms with E-state index in [1.807, 2.05) is 6.07 Å². The predicted octanol–water partition coefficient (Wildman–Crippen LogP) is 0.129. The molecule has 90 valence electrons. The minimum Gasteiger partial charge on any atom is -0.326 e. The van der Waals surface area contributed by atoms with Crippen molar-refractivity contribution < 1.29 is 8.42 Å². The third kappa shape index (κ3) is 2.51. The number of aromatic nitrogens is 3. The van der Waals surface area contributed by atoms with E-state index in [1.54, 1.807) is 12.3 Å². The van der Waals surface area contributed by atoms with Gasteiger partial charge in [-0.1, -0.05) is 6.07 Å². The summed E-state index contributed by atoms with van der Waals surface area (Å²) in [5.41, 5.74) is 6.36. The first-order valence-corrected chi connectivity index (χ1v) is 6.80. The standard InChI is InChI=1S/C10H12N4O2S/c1-17(15,16)9-6-13-14(7-9)10-3-2-8(4-11)5-12-10/h2-3,5-7H,4,11H2,1H3. The summed E-state index contributed by atoms with van der Waals surface area (Å²) < 4.78 is 24.0. The van der Waals surface area contributed by atoms with E-state index in [1.165, 1.54) is 17.1 Å². The van der Waals surface area contributed by atoms with Crippen molar-refractivity contribution >= 4 is 9.84 Å². The Morgan fingerprint density at radius 2 is 2.12 bits per heavy atom. The third-order valence-electron chi connectivity index (χ3n) is 2.27. The van der Waals surface area contributed by atoms with Gasteiger partial charge in [0.25, 0.3) is 0 Å². The summed E-state index contributed by atoms with van der Waals surface area (Å²) in [4.78, 5) is 4.31. The summed E-state index contributed by atoms with van der Waals surface area (Å²) in [6, 6.07) is 3.56. The lowest BCUT2D eigenvalue weighted by Crippen LogP contribution is -2.01. The van der Waals surface area contributed by atoms with Crippen molar-refractivity contribution in [3.63, 3.8) is 0 Å². The van der Waals surface area contributed by atoms with Gasteiger partial charge in [0.05, 0.1) is 12.4 Å². The lowest BCUT2D eigenvalue weighted by molar-refractivity contribution is 0.602. The van der Waals surface area contributed by atoms with Crippen molar-refractivity contribution in [1.82, 2.24) is 14.8 Å². The molecule has 2 heterocycles. The maximum absolute atomic E-state index is 11.3. The summed E-state index contributed by atoms with van der Waals surface area (Å²) in [6.07, 6.45) is 5.50. The van der Waals surface area contributed by atoms with Crippen LogP contribution in [0.5, 0.6) is 0 Å². The van der Waals surface area contributed by atoms with E-state index in [9.17, 15) is 8.42 Å². The Morgan fingerprint density at radius 1 is 1.35 bits per heavy atom. The fraction of sp³-hybridized carbons (Fsp3) is 0.200. The molecule has 0 saturated carbocycles. The number of hydrogen-bond acceptors (Lipinski definition) is 5. The van der Waals surface area contributed by atoms with E-state index in [2.05, 4.69) is 10.1 Å². The SMILES string of the molecule is CS(=O)(=O)c1cnn(-c2ccc(CN)cn2)c1. The molecule has 0 atom stereocenters. The van der Waals surface area contributed by atoms with Crippen LogP contribution in [0.4, 0.5) is 0 Å². The van der Waals surface area contributed by atoms with Gasteiger partial charge >= 0.3 is 0 Å². The summed E-state index contributed by atoms with van der Waals surface area (Å²) in [7, 11) is -3.23. The zero-order chi connectivity index (χ0) is 12.5. The normalized spacial score (nSPS) is 11.6. The molecule has 0 amide bonds. The topological polar surface area (TPSA) is 90.9 Å². The van der Waals surface area contributed by atoms with Gasteiger partial charge in [-0.25, -0.2) is 18.1 Å². The largest absolute Gasteiger partial charge is 0.326 e. The average Bonchev–Trinajstić information content (AvgIpc) is 2.78. The van der Waals surface area contributed by atoms with Crippen molar-refractivity contribution in [2.75, 3.05) is 6.26 Å². The Bertz CT molecular complexity index is 616. The quantitative estimate of drug-likeness (QED) is 0.838. The van der Waals surface area contributed by atoms with E-state index in [0.29, 0.717) is 12.4 Å². The summed E-state index contributed by atoms with van der Waals surface area (Å²) >= 11 is 0. The zero-order valence-corrected chi connectivity index (χ0v) is 10.1. The van der Waals surface area contributed by atoms with Gasteiger partial charge in [0, 0.05) is 19.0 Å². The molecule has 0 saturated heterocycles. The average molecular weight is 252 g/mol. The second-order valence-corrected chi connectivity index (χ2v) is 5.64. The molecular formula is C10H12N4O2S. The number of nitrogens with two attached hydrogens (primary N) is 1. The highest BCUT2D eigenvalue weighted by Crippen LogP contribution is 2.10. The Balaban J connectivity index is 2.37. The van der Waals surface area contributed by atoms with Gasteiger partial charge < -0.3 is 5.73 Å². The second-order valence-electron chi connectivity index (χ2n) is 3.62. The molecule has 0 aromatic carbocycles. The molecule has 0 unspecified atom stereocenters. The zero-order valence-electron chi connectivity index (χ0n) is 9.24. The molecular weight excluding hydrogens is 240 g/mol. The number of sulfone groups is 1. The molecule has 2 aromatic heterocycles. The van der Waals surface area contributed by atoms with E-state index >= 15 is 0 Å². The monoisotopic (exact) mass is 252 g/mol. The molecule has 2 rings (SSSR count). The van der Waals surface area contributed by atoms with Crippen LogP contribution >= 0.6 is 0 Å². The van der Waals surface area contributed by atoms with Crippen LogP contribution in [0.15, 0.2) is 35.6 Å². The Labute approximate surface area is 99.0 Å². The van der Waals surface area contributed by atoms with Crippen LogP contribution < -0.4 is 5.73 Å². The van der Waals surface area contributed by atoms with E-state index < -0.39 is 9.84 Å². The molecule has 2 aromatic rings. The first-order chi connectivity index (χ1) is 8.00. The van der Waals surface area contributed by atoms with Crippen LogP contribution in [-0.2, 0) is 16.4 Å². The number of pyridine rings is 1. The first-order valence-electron chi connectivity index (χ1n) is 4.91. The maximum Gasteiger partial charge on any atom is 0.178 e. The van der Waals surface area contributed by atoms with E-state index in [4.69, 9.17) is 5.73 Å². The van der Waals surface area contributed by atoms with Crippen molar-refractivity contribution in [2.45, 2.75) is 11.4 Å². The predicted molar refractivity (Wildman–Crippen MR) is 62.4 cm³/mol. The van der Waals surface area contributed by atoms with Crippen molar-refractivity contribution in [2.24, 2.45) is 5.73 Å². The van der Waals surface area contributed by atoms with E-state index in [-0.39, 0.29) is 4.90 Å². The Morgan fingerprint density at radius 3 is 2.59 bits per heavy atom. The van der Waals surface area contributed by atoms with Gasteiger partial charge in [0.2, 0.25) is 0 Å². The van der Waals surface area contributed by atoms with Gasteiger partial charge in [0.15, 0.2) is 15.7 Å². The van der Waals surface area contributed by atoms with Crippen molar-refractivity contribution in [3.8, 4) is 5.82 Å². The van der Waals surface area contributed by atoms with Crippen LogP contribution in [-0.4, -0.2) is 29.4 Å². The van der Waals surface area contributed by atoms with Crippen LogP contribution in [0.2, 0.25) is 0 Å². The highest BCUT2D eigenvalue weighted by atomic mass is 32.2. The van der Waals surface area contributed by atoms with E-state index in [0.717, 1.165) is 11.8 Å². The van der Waals surface area contributed by atoms with Gasteiger partial charge in [0.1, 0.15) is 4.90 Å². The van der Waals surface area contributed by atoms with Crippen LogP contribution in [0.25, 0.3) is 5.82 Å². The molecule has 6 nitrogen and oxygen atoms in total. The number of nitrogens with zero attached hydrogens (tertiary/aromatic N) is 3. The van der Waals surface area contributed by atoms with Crippen molar-refractivity contribution in [3.05, 3.63) is 36.3 Å². The van der Waals surface area contributed by atoms with Crippen molar-refractivity contribution in [1.29, 1.82) is 0 Å².